The van der Waals surface area contributed by atoms with Gasteiger partial charge in [-0.15, -0.1) is 0 Å². The summed E-state index contributed by atoms with van der Waals surface area (Å²) in [5.74, 6) is 1.38. The van der Waals surface area contributed by atoms with Gasteiger partial charge in [-0.2, -0.15) is 0 Å². The summed E-state index contributed by atoms with van der Waals surface area (Å²) < 4.78 is 12.9. The molecule has 0 heterocycles. The van der Waals surface area contributed by atoms with Crippen LogP contribution in [0.15, 0.2) is 121 Å². The molecule has 6 rings (SSSR count). The molecule has 6 aromatic carbocycles. The quantitative estimate of drug-likeness (QED) is 0.179. The summed E-state index contributed by atoms with van der Waals surface area (Å²) in [6, 6.07) is 39.3. The Morgan fingerprint density at radius 1 is 0.450 bits per heavy atom. The maximum Gasteiger partial charge on any atom is 0.150 e. The topological polar surface area (TPSA) is 52.6 Å². The molecule has 0 aliphatic heterocycles. The maximum absolute atomic E-state index is 11.6. The summed E-state index contributed by atoms with van der Waals surface area (Å²) in [5, 5.41) is 4.20. The third-order valence-electron chi connectivity index (χ3n) is 7.16. The van der Waals surface area contributed by atoms with Crippen molar-refractivity contribution in [1.29, 1.82) is 0 Å². The highest BCUT2D eigenvalue weighted by atomic mass is 16.5. The van der Waals surface area contributed by atoms with E-state index in [1.54, 1.807) is 12.1 Å². The molecule has 0 N–H and O–H groups in total. The third kappa shape index (κ3) is 4.83. The van der Waals surface area contributed by atoms with E-state index in [2.05, 4.69) is 24.3 Å². The Morgan fingerprint density at radius 3 is 1.30 bits per heavy atom. The van der Waals surface area contributed by atoms with Crippen LogP contribution in [0.4, 0.5) is 0 Å². The first-order chi connectivity index (χ1) is 19.8. The van der Waals surface area contributed by atoms with Crippen molar-refractivity contribution >= 4 is 34.1 Å². The van der Waals surface area contributed by atoms with Crippen molar-refractivity contribution in [3.63, 3.8) is 0 Å². The zero-order valence-corrected chi connectivity index (χ0v) is 21.7. The second kappa shape index (κ2) is 11.3. The smallest absolute Gasteiger partial charge is 0.150 e. The van der Waals surface area contributed by atoms with Gasteiger partial charge in [0.2, 0.25) is 0 Å². The normalized spacial score (nSPS) is 10.9. The van der Waals surface area contributed by atoms with Crippen molar-refractivity contribution in [3.8, 4) is 22.6 Å². The van der Waals surface area contributed by atoms with Gasteiger partial charge in [0.15, 0.2) is 0 Å². The number of rotatable bonds is 9. The Bertz CT molecular complexity index is 1720. The molecule has 0 amide bonds. The van der Waals surface area contributed by atoms with Crippen molar-refractivity contribution < 1.29 is 19.1 Å². The van der Waals surface area contributed by atoms with Gasteiger partial charge in [0.1, 0.15) is 37.3 Å². The minimum absolute atomic E-state index is 0.244. The Hall–Kier alpha value is -5.22. The van der Waals surface area contributed by atoms with Crippen LogP contribution in [0.2, 0.25) is 0 Å². The van der Waals surface area contributed by atoms with E-state index in [-0.39, 0.29) is 13.2 Å². The summed E-state index contributed by atoms with van der Waals surface area (Å²) in [6.45, 7) is 0.488. The van der Waals surface area contributed by atoms with Gasteiger partial charge in [0, 0.05) is 22.3 Å². The highest BCUT2D eigenvalue weighted by molar-refractivity contribution is 6.09. The molecule has 0 saturated heterocycles. The Morgan fingerprint density at radius 2 is 0.850 bits per heavy atom. The van der Waals surface area contributed by atoms with E-state index in [1.165, 1.54) is 0 Å². The molecule has 4 heteroatoms. The standard InChI is InChI=1S/C36H26O4/c37-21-27-11-1-3-13-29(27)23-39-33-19-17-25-9-5-7-15-31(25)35(33)36-32-16-8-6-10-26(32)18-20-34(36)40-24-30-14-4-2-12-28(30)22-38/h1-22H,23-24H2. The second-order valence-corrected chi connectivity index (χ2v) is 9.53. The number of ether oxygens (including phenoxy) is 2. The van der Waals surface area contributed by atoms with Crippen molar-refractivity contribution in [2.75, 3.05) is 0 Å². The van der Waals surface area contributed by atoms with E-state index in [0.29, 0.717) is 22.6 Å². The number of aldehydes is 2. The van der Waals surface area contributed by atoms with E-state index in [4.69, 9.17) is 9.47 Å². The minimum Gasteiger partial charge on any atom is -0.488 e. The lowest BCUT2D eigenvalue weighted by Gasteiger charge is -2.20. The molecule has 0 fully saturated rings. The first-order valence-corrected chi connectivity index (χ1v) is 13.1. The number of hydrogen-bond acceptors (Lipinski definition) is 4. The van der Waals surface area contributed by atoms with Gasteiger partial charge in [-0.3, -0.25) is 9.59 Å². The van der Waals surface area contributed by atoms with E-state index < -0.39 is 0 Å². The summed E-state index contributed by atoms with van der Waals surface area (Å²) >= 11 is 0. The average molecular weight is 523 g/mol. The van der Waals surface area contributed by atoms with Gasteiger partial charge in [-0.1, -0.05) is 109 Å². The van der Waals surface area contributed by atoms with Crippen molar-refractivity contribution in [2.24, 2.45) is 0 Å². The fourth-order valence-corrected chi connectivity index (χ4v) is 5.13. The fourth-order valence-electron chi connectivity index (χ4n) is 5.13. The van der Waals surface area contributed by atoms with Gasteiger partial charge in [0.25, 0.3) is 0 Å². The molecule has 4 nitrogen and oxygen atoms in total. The molecule has 0 radical (unpaired) electrons. The van der Waals surface area contributed by atoms with Crippen LogP contribution in [-0.2, 0) is 13.2 Å². The van der Waals surface area contributed by atoms with E-state index >= 15 is 0 Å². The van der Waals surface area contributed by atoms with Crippen LogP contribution in [0.25, 0.3) is 32.7 Å². The second-order valence-electron chi connectivity index (χ2n) is 9.53. The molecule has 0 aliphatic rings. The van der Waals surface area contributed by atoms with E-state index in [1.807, 2.05) is 84.9 Å². The molecular formula is C36H26O4. The van der Waals surface area contributed by atoms with Crippen LogP contribution in [0.1, 0.15) is 31.8 Å². The molecule has 0 spiro atoms. The molecule has 0 unspecified atom stereocenters. The zero-order chi connectivity index (χ0) is 27.3. The van der Waals surface area contributed by atoms with Crippen molar-refractivity contribution in [3.05, 3.63) is 144 Å². The van der Waals surface area contributed by atoms with Gasteiger partial charge in [-0.25, -0.2) is 0 Å². The Balaban J connectivity index is 1.52. The molecular weight excluding hydrogens is 496 g/mol. The van der Waals surface area contributed by atoms with Gasteiger partial charge in [-0.05, 0) is 44.8 Å². The van der Waals surface area contributed by atoms with Crippen molar-refractivity contribution in [2.45, 2.75) is 13.2 Å². The third-order valence-corrected chi connectivity index (χ3v) is 7.16. The van der Waals surface area contributed by atoms with Crippen LogP contribution >= 0.6 is 0 Å². The molecule has 194 valence electrons. The lowest BCUT2D eigenvalue weighted by Crippen LogP contribution is -2.03. The van der Waals surface area contributed by atoms with Crippen molar-refractivity contribution in [1.82, 2.24) is 0 Å². The van der Waals surface area contributed by atoms with Crippen LogP contribution in [-0.4, -0.2) is 12.6 Å². The number of hydrogen-bond donors (Lipinski definition) is 0. The van der Waals surface area contributed by atoms with Gasteiger partial charge in [0.05, 0.1) is 0 Å². The predicted octanol–water partition coefficient (Wildman–Crippen LogP) is 8.44. The molecule has 6 aromatic rings. The molecule has 0 atom stereocenters. The molecule has 0 bridgehead atoms. The molecule has 0 aromatic heterocycles. The zero-order valence-electron chi connectivity index (χ0n) is 21.7. The van der Waals surface area contributed by atoms with Crippen LogP contribution in [0, 0.1) is 0 Å². The number of fused-ring (bicyclic) bond motifs is 2. The lowest BCUT2D eigenvalue weighted by molar-refractivity contribution is 0.111. The molecule has 0 saturated carbocycles. The largest absolute Gasteiger partial charge is 0.488 e. The van der Waals surface area contributed by atoms with Crippen LogP contribution in [0.5, 0.6) is 11.5 Å². The predicted molar refractivity (Wildman–Crippen MR) is 159 cm³/mol. The SMILES string of the molecule is O=Cc1ccccc1COc1ccc2ccccc2c1-c1c(OCc2ccccc2C=O)ccc2ccccc12. The monoisotopic (exact) mass is 522 g/mol. The fraction of sp³-hybridized carbons (Fsp3) is 0.0556. The first kappa shape index (κ1) is 25.1. The van der Waals surface area contributed by atoms with Crippen LogP contribution in [0.3, 0.4) is 0 Å². The Kier molecular flexibility index (Phi) is 7.06. The summed E-state index contributed by atoms with van der Waals surface area (Å²) in [7, 11) is 0. The minimum atomic E-state index is 0.244. The van der Waals surface area contributed by atoms with Gasteiger partial charge < -0.3 is 9.47 Å². The molecule has 40 heavy (non-hydrogen) atoms. The summed E-state index contributed by atoms with van der Waals surface area (Å²) in [6.07, 6.45) is 1.71. The van der Waals surface area contributed by atoms with Crippen LogP contribution < -0.4 is 9.47 Å². The lowest BCUT2D eigenvalue weighted by atomic mass is 9.92. The van der Waals surface area contributed by atoms with E-state index in [9.17, 15) is 9.59 Å². The summed E-state index contributed by atoms with van der Waals surface area (Å²) in [4.78, 5) is 23.3. The van der Waals surface area contributed by atoms with Gasteiger partial charge >= 0.3 is 0 Å². The van der Waals surface area contributed by atoms with E-state index in [0.717, 1.165) is 56.4 Å². The highest BCUT2D eigenvalue weighted by Crippen LogP contribution is 2.46. The summed E-state index contributed by atoms with van der Waals surface area (Å²) in [5.41, 5.74) is 4.67. The maximum atomic E-state index is 11.6. The highest BCUT2D eigenvalue weighted by Gasteiger charge is 2.20. The Labute approximate surface area is 232 Å². The average Bonchev–Trinajstić information content (AvgIpc) is 3.02. The number of carbonyl (C=O) groups is 2. The number of benzene rings is 6. The molecule has 0 aliphatic carbocycles. The first-order valence-electron chi connectivity index (χ1n) is 13.1. The number of carbonyl (C=O) groups excluding carboxylic acids is 2.